The minimum Gasteiger partial charge on any atom is -0.354 e. The number of amides is 2. The van der Waals surface area contributed by atoms with Crippen molar-refractivity contribution in [2.24, 2.45) is 7.05 Å². The number of fused-ring (bicyclic) bond motifs is 1. The lowest BCUT2D eigenvalue weighted by Gasteiger charge is -2.14. The number of hydrogen-bond acceptors (Lipinski definition) is 2. The van der Waals surface area contributed by atoms with Crippen LogP contribution in [0.25, 0.3) is 5.65 Å². The molecule has 0 spiro atoms. The summed E-state index contributed by atoms with van der Waals surface area (Å²) in [6.07, 6.45) is 5.84. The summed E-state index contributed by atoms with van der Waals surface area (Å²) in [5.74, 6) is 0. The third kappa shape index (κ3) is 4.21. The van der Waals surface area contributed by atoms with Crippen LogP contribution in [-0.2, 0) is 20.0 Å². The van der Waals surface area contributed by atoms with E-state index in [1.165, 1.54) is 5.69 Å². The fraction of sp³-hybridized carbons (Fsp3) is 0.368. The van der Waals surface area contributed by atoms with E-state index in [9.17, 15) is 4.79 Å². The Balaban J connectivity index is 1.47. The summed E-state index contributed by atoms with van der Waals surface area (Å²) in [7, 11) is 2.04. The van der Waals surface area contributed by atoms with Gasteiger partial charge in [0.15, 0.2) is 0 Å². The highest BCUT2D eigenvalue weighted by atomic mass is 16.2. The summed E-state index contributed by atoms with van der Waals surface area (Å²) >= 11 is 0. The number of pyridine rings is 1. The molecule has 3 rings (SSSR count). The fourth-order valence-electron chi connectivity index (χ4n) is 2.92. The number of aryl methyl sites for hydroxylation is 3. The molecule has 3 aromatic heterocycles. The molecule has 25 heavy (non-hydrogen) atoms. The highest BCUT2D eigenvalue weighted by molar-refractivity contribution is 5.74. The lowest BCUT2D eigenvalue weighted by molar-refractivity contribution is 0.236. The Kier molecular flexibility index (Phi) is 5.07. The molecule has 132 valence electrons. The lowest BCUT2D eigenvalue weighted by Crippen LogP contribution is -2.40. The second-order valence-corrected chi connectivity index (χ2v) is 6.50. The van der Waals surface area contributed by atoms with Crippen molar-refractivity contribution in [3.05, 3.63) is 59.8 Å². The molecule has 0 aromatic carbocycles. The van der Waals surface area contributed by atoms with Crippen LogP contribution < -0.4 is 10.6 Å². The first-order valence-electron chi connectivity index (χ1n) is 8.61. The van der Waals surface area contributed by atoms with Crippen LogP contribution in [0.4, 0.5) is 4.79 Å². The molecule has 3 aromatic rings. The van der Waals surface area contributed by atoms with Crippen LogP contribution in [0, 0.1) is 6.92 Å². The molecule has 0 aliphatic heterocycles. The summed E-state index contributed by atoms with van der Waals surface area (Å²) in [6.45, 7) is 4.47. The number of aromatic nitrogens is 3. The van der Waals surface area contributed by atoms with Gasteiger partial charge in [0.25, 0.3) is 0 Å². The van der Waals surface area contributed by atoms with E-state index in [1.807, 2.05) is 62.0 Å². The minimum absolute atomic E-state index is 0.109. The van der Waals surface area contributed by atoms with Crippen molar-refractivity contribution >= 4 is 11.7 Å². The minimum atomic E-state index is -0.159. The van der Waals surface area contributed by atoms with Crippen molar-refractivity contribution in [1.82, 2.24) is 24.6 Å². The lowest BCUT2D eigenvalue weighted by atomic mass is 10.1. The number of rotatable bonds is 6. The maximum Gasteiger partial charge on any atom is 0.315 e. The molecular weight excluding hydrogens is 314 g/mol. The van der Waals surface area contributed by atoms with Crippen molar-refractivity contribution in [2.45, 2.75) is 39.3 Å². The zero-order chi connectivity index (χ0) is 17.8. The van der Waals surface area contributed by atoms with E-state index in [2.05, 4.69) is 26.3 Å². The van der Waals surface area contributed by atoms with E-state index in [0.29, 0.717) is 6.54 Å². The van der Waals surface area contributed by atoms with Crippen molar-refractivity contribution in [3.63, 3.8) is 0 Å². The number of nitrogens with one attached hydrogen (secondary N) is 2. The SMILES string of the molecule is Cc1cccc2nc(CNC(=O)N[C@@H](C)CCc3cccn3C)cn12. The molecule has 0 bridgehead atoms. The second-order valence-electron chi connectivity index (χ2n) is 6.50. The van der Waals surface area contributed by atoms with Crippen molar-refractivity contribution < 1.29 is 4.79 Å². The number of nitrogens with zero attached hydrogens (tertiary/aromatic N) is 3. The smallest absolute Gasteiger partial charge is 0.315 e. The van der Waals surface area contributed by atoms with Crippen LogP contribution in [0.5, 0.6) is 0 Å². The first-order chi connectivity index (χ1) is 12.0. The van der Waals surface area contributed by atoms with E-state index < -0.39 is 0 Å². The average molecular weight is 339 g/mol. The van der Waals surface area contributed by atoms with Crippen LogP contribution in [0.2, 0.25) is 0 Å². The van der Waals surface area contributed by atoms with Gasteiger partial charge in [0.1, 0.15) is 5.65 Å². The molecule has 0 aliphatic carbocycles. The maximum atomic E-state index is 12.1. The van der Waals surface area contributed by atoms with Gasteiger partial charge in [-0.3, -0.25) is 0 Å². The third-order valence-electron chi connectivity index (χ3n) is 4.44. The number of hydrogen-bond donors (Lipinski definition) is 2. The van der Waals surface area contributed by atoms with E-state index in [4.69, 9.17) is 0 Å². The van der Waals surface area contributed by atoms with Gasteiger partial charge in [0.05, 0.1) is 12.2 Å². The highest BCUT2D eigenvalue weighted by Gasteiger charge is 2.09. The van der Waals surface area contributed by atoms with E-state index >= 15 is 0 Å². The predicted molar refractivity (Wildman–Crippen MR) is 98.5 cm³/mol. The standard InChI is InChI=1S/C19H25N5O/c1-14(9-10-17-7-5-11-23(17)3)21-19(25)20-12-16-13-24-15(2)6-4-8-18(24)22-16/h4-8,11,13-14H,9-10,12H2,1-3H3,(H2,20,21,25)/t14-/m0/s1. The number of carbonyl (C=O) groups excluding carboxylic acids is 1. The normalized spacial score (nSPS) is 12.3. The summed E-state index contributed by atoms with van der Waals surface area (Å²) < 4.78 is 4.13. The van der Waals surface area contributed by atoms with Crippen molar-refractivity contribution in [1.29, 1.82) is 0 Å². The number of carbonyl (C=O) groups is 1. The summed E-state index contributed by atoms with van der Waals surface area (Å²) in [5.41, 5.74) is 4.14. The summed E-state index contributed by atoms with van der Waals surface area (Å²) in [4.78, 5) is 16.6. The van der Waals surface area contributed by atoms with Gasteiger partial charge in [-0.25, -0.2) is 9.78 Å². The van der Waals surface area contributed by atoms with E-state index in [0.717, 1.165) is 29.9 Å². The number of imidazole rings is 1. The van der Waals surface area contributed by atoms with Gasteiger partial charge in [0, 0.05) is 36.9 Å². The molecule has 0 saturated heterocycles. The first-order valence-corrected chi connectivity index (χ1v) is 8.61. The second kappa shape index (κ2) is 7.42. The largest absolute Gasteiger partial charge is 0.354 e. The average Bonchev–Trinajstić information content (AvgIpc) is 3.18. The monoisotopic (exact) mass is 339 g/mol. The molecule has 0 unspecified atom stereocenters. The fourth-order valence-corrected chi connectivity index (χ4v) is 2.92. The molecule has 1 atom stereocenters. The molecule has 0 aliphatic rings. The summed E-state index contributed by atoms with van der Waals surface area (Å²) in [6, 6.07) is 10.1. The maximum absolute atomic E-state index is 12.1. The van der Waals surface area contributed by atoms with Gasteiger partial charge in [-0.05, 0) is 51.0 Å². The molecule has 0 fully saturated rings. The third-order valence-corrected chi connectivity index (χ3v) is 4.44. The molecule has 6 nitrogen and oxygen atoms in total. The van der Waals surface area contributed by atoms with Gasteiger partial charge >= 0.3 is 6.03 Å². The highest BCUT2D eigenvalue weighted by Crippen LogP contribution is 2.08. The van der Waals surface area contributed by atoms with E-state index in [-0.39, 0.29) is 12.1 Å². The van der Waals surface area contributed by atoms with Gasteiger partial charge < -0.3 is 19.6 Å². The topological polar surface area (TPSA) is 63.4 Å². The summed E-state index contributed by atoms with van der Waals surface area (Å²) in [5, 5.41) is 5.87. The van der Waals surface area contributed by atoms with Gasteiger partial charge in [-0.15, -0.1) is 0 Å². The molecule has 3 heterocycles. The number of urea groups is 1. The van der Waals surface area contributed by atoms with Crippen LogP contribution in [-0.4, -0.2) is 26.0 Å². The van der Waals surface area contributed by atoms with Crippen LogP contribution >= 0.6 is 0 Å². The Hall–Kier alpha value is -2.76. The van der Waals surface area contributed by atoms with Crippen LogP contribution in [0.1, 0.15) is 30.4 Å². The Bertz CT molecular complexity index is 864. The van der Waals surface area contributed by atoms with Crippen molar-refractivity contribution in [2.75, 3.05) is 0 Å². The van der Waals surface area contributed by atoms with Crippen molar-refractivity contribution in [3.8, 4) is 0 Å². The van der Waals surface area contributed by atoms with Gasteiger partial charge in [-0.2, -0.15) is 0 Å². The first kappa shape index (κ1) is 17.1. The van der Waals surface area contributed by atoms with E-state index in [1.54, 1.807) is 0 Å². The zero-order valence-corrected chi connectivity index (χ0v) is 15.0. The Labute approximate surface area is 147 Å². The Morgan fingerprint density at radius 2 is 2.12 bits per heavy atom. The zero-order valence-electron chi connectivity index (χ0n) is 15.0. The molecule has 2 amide bonds. The molecule has 6 heteroatoms. The predicted octanol–water partition coefficient (Wildman–Crippen LogP) is 2.80. The Morgan fingerprint density at radius 1 is 1.28 bits per heavy atom. The van der Waals surface area contributed by atoms with Gasteiger partial charge in [0.2, 0.25) is 0 Å². The molecular formula is C19H25N5O. The van der Waals surface area contributed by atoms with Crippen LogP contribution in [0.3, 0.4) is 0 Å². The molecule has 2 N–H and O–H groups in total. The van der Waals surface area contributed by atoms with Crippen LogP contribution in [0.15, 0.2) is 42.7 Å². The Morgan fingerprint density at radius 3 is 2.84 bits per heavy atom. The quantitative estimate of drug-likeness (QED) is 0.725. The molecule has 0 saturated carbocycles. The van der Waals surface area contributed by atoms with Gasteiger partial charge in [-0.1, -0.05) is 6.07 Å². The molecule has 0 radical (unpaired) electrons.